The minimum absolute atomic E-state index is 0. The summed E-state index contributed by atoms with van der Waals surface area (Å²) in [5.74, 6) is 0.301. The molecule has 110 heavy (non-hydrogen) atoms. The summed E-state index contributed by atoms with van der Waals surface area (Å²) in [6.07, 6.45) is 3.37. The first-order chi connectivity index (χ1) is 53.0. The maximum Gasteiger partial charge on any atom is 0.406 e. The molecule has 8 aliphatic rings. The molecule has 0 aliphatic carbocycles. The number of H-pyrrole nitrogens is 1. The minimum Gasteiger partial charge on any atom is -0.343 e. The van der Waals surface area contributed by atoms with Crippen LogP contribution < -0.4 is 16.3 Å². The van der Waals surface area contributed by atoms with E-state index < -0.39 is 34.7 Å². The number of benzene rings is 6. The van der Waals surface area contributed by atoms with Gasteiger partial charge in [-0.05, 0) is 109 Å². The molecular weight excluding hydrogens is 1460 g/mol. The number of aromatic amines is 1. The van der Waals surface area contributed by atoms with Crippen molar-refractivity contribution in [2.75, 3.05) is 69.5 Å². The van der Waals surface area contributed by atoms with Crippen LogP contribution in [0.1, 0.15) is 151 Å². The molecule has 6 atom stereocenters. The summed E-state index contributed by atoms with van der Waals surface area (Å²) in [5, 5.41) is 3.43. The van der Waals surface area contributed by atoms with Gasteiger partial charge in [0.15, 0.2) is 0 Å². The van der Waals surface area contributed by atoms with E-state index in [1.54, 1.807) is 68.2 Å². The number of alkyl halides is 3. The van der Waals surface area contributed by atoms with Crippen molar-refractivity contribution in [1.82, 2.24) is 43.9 Å². The summed E-state index contributed by atoms with van der Waals surface area (Å²) in [7, 11) is 0. The number of fused-ring (bicyclic) bond motifs is 3. The quantitative estimate of drug-likeness (QED) is 0.0688. The number of para-hydroxylation sites is 2. The Bertz CT molecular complexity index is 4490. The molecule has 9 heterocycles. The van der Waals surface area contributed by atoms with E-state index in [9.17, 15) is 56.3 Å². The number of aromatic nitrogens is 2. The first kappa shape index (κ1) is 78.8. The third-order valence-corrected chi connectivity index (χ3v) is 26.7. The predicted octanol–water partition coefficient (Wildman–Crippen LogP) is 14.8. The van der Waals surface area contributed by atoms with Crippen LogP contribution in [0.15, 0.2) is 181 Å². The Morgan fingerprint density at radius 1 is 0.500 bits per heavy atom. The number of piperidine rings is 3. The first-order valence-electron chi connectivity index (χ1n) is 38.3. The molecule has 6 unspecified atom stereocenters. The van der Waals surface area contributed by atoms with Gasteiger partial charge in [-0.2, -0.15) is 13.2 Å². The van der Waals surface area contributed by atoms with Gasteiger partial charge < -0.3 is 49.9 Å². The fourth-order valence-electron chi connectivity index (χ4n) is 16.1. The van der Waals surface area contributed by atoms with Crippen LogP contribution in [0.3, 0.4) is 0 Å². The molecule has 0 bridgehead atoms. The van der Waals surface area contributed by atoms with Crippen molar-refractivity contribution in [1.29, 1.82) is 0 Å². The Morgan fingerprint density at radius 2 is 0.909 bits per heavy atom. The zero-order valence-corrected chi connectivity index (χ0v) is 64.9. The van der Waals surface area contributed by atoms with Crippen molar-refractivity contribution in [3.63, 3.8) is 0 Å². The summed E-state index contributed by atoms with van der Waals surface area (Å²) < 4.78 is 41.5. The van der Waals surface area contributed by atoms with Gasteiger partial charge in [0.2, 0.25) is 41.4 Å². The number of amides is 9. The number of hydrogen-bond acceptors (Lipinski definition) is 12. The number of nitrogens with one attached hydrogen (secondary N) is 3. The molecule has 7 aromatic rings. The minimum atomic E-state index is -4.54. The number of rotatable bonds is 19. The third-order valence-electron chi connectivity index (χ3n) is 22.2. The van der Waals surface area contributed by atoms with Crippen molar-refractivity contribution in [2.24, 2.45) is 11.8 Å². The number of carbonyl (C=O) groups is 8. The van der Waals surface area contributed by atoms with E-state index in [0.29, 0.717) is 102 Å². The lowest BCUT2D eigenvalue weighted by Crippen LogP contribution is -2.51. The van der Waals surface area contributed by atoms with Crippen LogP contribution in [-0.2, 0) is 45.5 Å². The lowest BCUT2D eigenvalue weighted by Gasteiger charge is -2.40. The van der Waals surface area contributed by atoms with Crippen molar-refractivity contribution < 1.29 is 54.4 Å². The average Bonchev–Trinajstić information content (AvgIpc) is 1.58. The second kappa shape index (κ2) is 35.0. The predicted molar refractivity (Wildman–Crippen MR) is 428 cm³/mol. The highest BCUT2D eigenvalue weighted by Crippen LogP contribution is 2.50. The van der Waals surface area contributed by atoms with E-state index in [4.69, 9.17) is 0 Å². The standard InChI is InChI=1S/C30H36N4O3S.C28H33N3O3S.C26H27F3N4O3S.2H2/c1-21(2)13-18-33-28(36)26(38-29(33)23-11-7-4-8-12-23)19-27(35)32-16-14-24(15-17-32)34-20-25(31-30(34)37)22-9-5-3-6-10-22;1-19(2)12-15-31-25(33)23(35-26(31)20-8-4-3-5-9-20)18-24(32)30-16-13-28(14-17-30)21-10-6-7-11-22(21)29-27(28)34;27-26(28,29)16-33-23(35)21(37-24(33)17-6-2-1-3-7-17)14-22(34)31-12-10-19(11-13-31)32-15-18-8-4-5-9-20(18)30-25(32)36;;/h3-12,20-21,24,26,29H,13-19H2,1-2H3,(H,31,37);3-11,19,23,26H,12-18H2,1-2H3,(H,29,34);1-9,19,21,24H,10-16H2,(H,30,36);2*1H. The molecule has 9 amide bonds. The number of urea groups is 1. The van der Waals surface area contributed by atoms with E-state index in [-0.39, 0.29) is 103 Å². The van der Waals surface area contributed by atoms with E-state index in [0.717, 1.165) is 87.2 Å². The summed E-state index contributed by atoms with van der Waals surface area (Å²) in [4.78, 5) is 132. The second-order valence-corrected chi connectivity index (χ2v) is 34.3. The maximum absolute atomic E-state index is 13.4. The van der Waals surface area contributed by atoms with Gasteiger partial charge in [-0.1, -0.05) is 185 Å². The molecule has 6 saturated heterocycles. The van der Waals surface area contributed by atoms with Crippen molar-refractivity contribution in [3.05, 3.63) is 214 Å². The van der Waals surface area contributed by atoms with Gasteiger partial charge in [0.1, 0.15) is 22.7 Å². The van der Waals surface area contributed by atoms with Crippen molar-refractivity contribution in [2.45, 2.75) is 160 Å². The number of halogens is 3. The van der Waals surface area contributed by atoms with E-state index in [1.807, 2.05) is 141 Å². The number of nitrogens with zero attached hydrogens (tertiary/aromatic N) is 8. The average molecular weight is 1560 g/mol. The Hall–Kier alpha value is -9.27. The summed E-state index contributed by atoms with van der Waals surface area (Å²) in [6, 6.07) is 54.0. The molecule has 15 rings (SSSR count). The molecule has 1 aromatic heterocycles. The smallest absolute Gasteiger partial charge is 0.343 e. The zero-order chi connectivity index (χ0) is 77.4. The topological polar surface area (TPSA) is 221 Å². The number of likely N-dealkylation sites (tertiary alicyclic amines) is 3. The molecule has 6 fully saturated rings. The van der Waals surface area contributed by atoms with E-state index in [2.05, 4.69) is 67.6 Å². The van der Waals surface area contributed by atoms with Crippen LogP contribution in [0.5, 0.6) is 0 Å². The summed E-state index contributed by atoms with van der Waals surface area (Å²) >= 11 is 4.30. The molecule has 20 nitrogen and oxygen atoms in total. The molecule has 6 aromatic carbocycles. The van der Waals surface area contributed by atoms with E-state index >= 15 is 0 Å². The molecule has 1 spiro atoms. The Morgan fingerprint density at radius 3 is 1.38 bits per heavy atom. The van der Waals surface area contributed by atoms with Gasteiger partial charge in [-0.3, -0.25) is 38.1 Å². The highest BCUT2D eigenvalue weighted by Gasteiger charge is 2.51. The van der Waals surface area contributed by atoms with Gasteiger partial charge in [0.05, 0.1) is 26.9 Å². The van der Waals surface area contributed by atoms with Gasteiger partial charge >= 0.3 is 17.9 Å². The highest BCUT2D eigenvalue weighted by atomic mass is 32.2. The Balaban J connectivity index is 0.000000165. The molecular formula is C84H100F3N11O9S3. The van der Waals surface area contributed by atoms with Crippen LogP contribution in [-0.4, -0.2) is 178 Å². The van der Waals surface area contributed by atoms with Crippen molar-refractivity contribution >= 4 is 94.0 Å². The fourth-order valence-corrected chi connectivity index (χ4v) is 20.4. The van der Waals surface area contributed by atoms with Crippen LogP contribution in [0.25, 0.3) is 11.3 Å². The Kier molecular flexibility index (Phi) is 25.1. The van der Waals surface area contributed by atoms with Crippen LogP contribution in [0, 0.1) is 11.8 Å². The molecule has 3 N–H and O–H groups in total. The molecule has 0 radical (unpaired) electrons. The van der Waals surface area contributed by atoms with Gasteiger partial charge in [0.25, 0.3) is 0 Å². The van der Waals surface area contributed by atoms with Gasteiger partial charge in [-0.25, -0.2) is 9.59 Å². The number of anilines is 2. The van der Waals surface area contributed by atoms with Gasteiger partial charge in [0, 0.05) is 111 Å². The number of carbonyl (C=O) groups excluding carboxylic acids is 8. The SMILES string of the molecule is CC(C)CCN1C(=O)C(CC(=O)N2CCC(n3cc(-c4ccccc4)[nH]c3=O)CC2)SC1c1ccccc1.CC(C)CCN1C(=O)C(CC(=O)N2CCC3(CC2)C(=O)Nc2ccccc23)SC1c1ccccc1.O=C(CC1SC(c2ccccc2)N(CC(F)(F)F)C1=O)N1CCC(N2Cc3ccccc3NC2=O)CC1.[HH].[HH]. The van der Waals surface area contributed by atoms with Crippen LogP contribution in [0.2, 0.25) is 0 Å². The second-order valence-electron chi connectivity index (χ2n) is 30.4. The molecule has 8 aliphatic heterocycles. The lowest BCUT2D eigenvalue weighted by atomic mass is 9.73. The van der Waals surface area contributed by atoms with E-state index in [1.165, 1.54) is 0 Å². The normalized spacial score (nSPS) is 22.1. The fraction of sp³-hybridized carbons (Fsp3) is 0.440. The van der Waals surface area contributed by atoms with Crippen molar-refractivity contribution in [3.8, 4) is 11.3 Å². The maximum atomic E-state index is 13.4. The Labute approximate surface area is 656 Å². The highest BCUT2D eigenvalue weighted by molar-refractivity contribution is 8.01. The molecule has 26 heteroatoms. The van der Waals surface area contributed by atoms with Gasteiger partial charge in [-0.15, -0.1) is 35.3 Å². The number of hydrogen-bond donors (Lipinski definition) is 3. The molecule has 584 valence electrons. The number of thioether (sulfide) groups is 3. The van der Waals surface area contributed by atoms with Crippen LogP contribution >= 0.6 is 35.3 Å². The zero-order valence-electron chi connectivity index (χ0n) is 62.5. The molecule has 0 saturated carbocycles. The van der Waals surface area contributed by atoms with Crippen LogP contribution in [0.4, 0.5) is 29.3 Å². The summed E-state index contributed by atoms with van der Waals surface area (Å²) in [5.41, 5.74) is 7.72. The number of imidazole rings is 1. The third kappa shape index (κ3) is 18.2. The largest absolute Gasteiger partial charge is 0.406 e. The monoisotopic (exact) mass is 1560 g/mol. The lowest BCUT2D eigenvalue weighted by molar-refractivity contribution is -0.161. The summed E-state index contributed by atoms with van der Waals surface area (Å²) in [6.45, 7) is 12.3. The first-order valence-corrected chi connectivity index (χ1v) is 41.2.